The van der Waals surface area contributed by atoms with Gasteiger partial charge in [0.05, 0.1) is 7.11 Å². The summed E-state index contributed by atoms with van der Waals surface area (Å²) in [6.45, 7) is 2.15. The molecule has 0 saturated carbocycles. The SMILES string of the molecule is CCCC/C=C/CC(=O)N(C)OC. The summed E-state index contributed by atoms with van der Waals surface area (Å²) >= 11 is 0. The molecule has 0 bridgehead atoms. The third-order valence-corrected chi connectivity index (χ3v) is 1.81. The first-order valence-electron chi connectivity index (χ1n) is 4.68. The number of rotatable bonds is 6. The normalized spacial score (nSPS) is 10.7. The molecule has 13 heavy (non-hydrogen) atoms. The molecule has 0 fully saturated rings. The van der Waals surface area contributed by atoms with Crippen LogP contribution < -0.4 is 0 Å². The average Bonchev–Trinajstić information content (AvgIpc) is 2.16. The van der Waals surface area contributed by atoms with Gasteiger partial charge in [0.25, 0.3) is 0 Å². The van der Waals surface area contributed by atoms with Gasteiger partial charge in [-0.25, -0.2) is 5.06 Å². The van der Waals surface area contributed by atoms with Gasteiger partial charge < -0.3 is 0 Å². The van der Waals surface area contributed by atoms with Crippen molar-refractivity contribution in [1.29, 1.82) is 0 Å². The van der Waals surface area contributed by atoms with Crippen molar-refractivity contribution < 1.29 is 9.63 Å². The van der Waals surface area contributed by atoms with E-state index in [1.165, 1.54) is 25.0 Å². The number of hydrogen-bond acceptors (Lipinski definition) is 2. The quantitative estimate of drug-likeness (QED) is 0.360. The van der Waals surface area contributed by atoms with Crippen molar-refractivity contribution in [3.8, 4) is 0 Å². The molecule has 0 atom stereocenters. The number of carbonyl (C=O) groups is 1. The van der Waals surface area contributed by atoms with Crippen LogP contribution in [0, 0.1) is 0 Å². The fraction of sp³-hybridized carbons (Fsp3) is 0.700. The highest BCUT2D eigenvalue weighted by Gasteiger charge is 2.03. The highest BCUT2D eigenvalue weighted by molar-refractivity contribution is 5.76. The molecule has 0 aliphatic carbocycles. The molecule has 0 rings (SSSR count). The second kappa shape index (κ2) is 7.80. The van der Waals surface area contributed by atoms with Gasteiger partial charge in [-0.15, -0.1) is 0 Å². The number of nitrogens with zero attached hydrogens (tertiary/aromatic N) is 1. The lowest BCUT2D eigenvalue weighted by molar-refractivity contribution is -0.167. The van der Waals surface area contributed by atoms with Crippen molar-refractivity contribution >= 4 is 5.91 Å². The summed E-state index contributed by atoms with van der Waals surface area (Å²) in [4.78, 5) is 15.9. The first kappa shape index (κ1) is 12.2. The molecule has 0 N–H and O–H groups in total. The lowest BCUT2D eigenvalue weighted by Gasteiger charge is -2.11. The zero-order valence-corrected chi connectivity index (χ0v) is 8.75. The van der Waals surface area contributed by atoms with Crippen LogP contribution in [0.2, 0.25) is 0 Å². The van der Waals surface area contributed by atoms with E-state index in [1.807, 2.05) is 12.2 Å². The average molecular weight is 185 g/mol. The second-order valence-electron chi connectivity index (χ2n) is 2.89. The molecule has 3 nitrogen and oxygen atoms in total. The van der Waals surface area contributed by atoms with Crippen LogP contribution in [0.5, 0.6) is 0 Å². The van der Waals surface area contributed by atoms with Crippen molar-refractivity contribution in [3.05, 3.63) is 12.2 Å². The molecule has 0 saturated heterocycles. The van der Waals surface area contributed by atoms with E-state index in [1.54, 1.807) is 7.05 Å². The van der Waals surface area contributed by atoms with Crippen molar-refractivity contribution in [2.45, 2.75) is 32.6 Å². The molecule has 0 aliphatic heterocycles. The predicted molar refractivity (Wildman–Crippen MR) is 53.1 cm³/mol. The minimum absolute atomic E-state index is 0.0183. The second-order valence-corrected chi connectivity index (χ2v) is 2.89. The van der Waals surface area contributed by atoms with Crippen molar-refractivity contribution in [1.82, 2.24) is 5.06 Å². The summed E-state index contributed by atoms with van der Waals surface area (Å²) in [6.07, 6.45) is 7.80. The number of hydroxylamine groups is 2. The molecule has 0 aliphatic rings. The maximum absolute atomic E-state index is 11.2. The third-order valence-electron chi connectivity index (χ3n) is 1.81. The summed E-state index contributed by atoms with van der Waals surface area (Å²) in [6, 6.07) is 0. The molecule has 0 radical (unpaired) electrons. The number of allylic oxidation sites excluding steroid dienone is 1. The van der Waals surface area contributed by atoms with Gasteiger partial charge in [-0.3, -0.25) is 9.63 Å². The van der Waals surface area contributed by atoms with Crippen LogP contribution in [0.15, 0.2) is 12.2 Å². The molecule has 76 valence electrons. The van der Waals surface area contributed by atoms with Crippen LogP contribution in [0.25, 0.3) is 0 Å². The molecule has 0 heterocycles. The van der Waals surface area contributed by atoms with Gasteiger partial charge in [-0.05, 0) is 6.42 Å². The lowest BCUT2D eigenvalue weighted by Crippen LogP contribution is -2.24. The number of unbranched alkanes of at least 4 members (excludes halogenated alkanes) is 2. The van der Waals surface area contributed by atoms with Gasteiger partial charge in [-0.1, -0.05) is 31.9 Å². The van der Waals surface area contributed by atoms with Crippen molar-refractivity contribution in [2.24, 2.45) is 0 Å². The molecule has 0 aromatic heterocycles. The van der Waals surface area contributed by atoms with E-state index in [4.69, 9.17) is 4.84 Å². The third kappa shape index (κ3) is 6.34. The topological polar surface area (TPSA) is 29.5 Å². The minimum atomic E-state index is -0.0183. The van der Waals surface area contributed by atoms with Crippen LogP contribution >= 0.6 is 0 Å². The first-order chi connectivity index (χ1) is 6.22. The first-order valence-corrected chi connectivity index (χ1v) is 4.68. The Morgan fingerprint density at radius 2 is 2.15 bits per heavy atom. The summed E-state index contributed by atoms with van der Waals surface area (Å²) < 4.78 is 0. The number of hydrogen-bond donors (Lipinski definition) is 0. The molecule has 3 heteroatoms. The Hall–Kier alpha value is -0.830. The maximum Gasteiger partial charge on any atom is 0.249 e. The van der Waals surface area contributed by atoms with Crippen LogP contribution in [0.1, 0.15) is 32.6 Å². The summed E-state index contributed by atoms with van der Waals surface area (Å²) in [5, 5.41) is 1.24. The number of carbonyl (C=O) groups excluding carboxylic acids is 1. The summed E-state index contributed by atoms with van der Waals surface area (Å²) in [5.41, 5.74) is 0. The number of amides is 1. The smallest absolute Gasteiger partial charge is 0.249 e. The molecular weight excluding hydrogens is 166 g/mol. The van der Waals surface area contributed by atoms with E-state index in [0.717, 1.165) is 6.42 Å². The molecule has 0 unspecified atom stereocenters. The van der Waals surface area contributed by atoms with E-state index in [2.05, 4.69) is 6.92 Å². The van der Waals surface area contributed by atoms with Crippen LogP contribution in [-0.2, 0) is 9.63 Å². The highest BCUT2D eigenvalue weighted by atomic mass is 16.7. The van der Waals surface area contributed by atoms with Crippen LogP contribution in [0.4, 0.5) is 0 Å². The Labute approximate surface area is 80.3 Å². The zero-order chi connectivity index (χ0) is 10.1. The Kier molecular flexibility index (Phi) is 7.30. The van der Waals surface area contributed by atoms with Gasteiger partial charge in [0, 0.05) is 13.5 Å². The molecular formula is C10H19NO2. The van der Waals surface area contributed by atoms with Gasteiger partial charge in [-0.2, -0.15) is 0 Å². The van der Waals surface area contributed by atoms with E-state index >= 15 is 0 Å². The molecule has 0 aromatic carbocycles. The van der Waals surface area contributed by atoms with E-state index < -0.39 is 0 Å². The van der Waals surface area contributed by atoms with Gasteiger partial charge in [0.15, 0.2) is 0 Å². The van der Waals surface area contributed by atoms with Crippen molar-refractivity contribution in [3.63, 3.8) is 0 Å². The Morgan fingerprint density at radius 1 is 1.46 bits per heavy atom. The van der Waals surface area contributed by atoms with E-state index in [-0.39, 0.29) is 5.91 Å². The Balaban J connectivity index is 3.51. The summed E-state index contributed by atoms with van der Waals surface area (Å²) in [5.74, 6) is -0.0183. The highest BCUT2D eigenvalue weighted by Crippen LogP contribution is 1.97. The van der Waals surface area contributed by atoms with Crippen LogP contribution in [-0.4, -0.2) is 25.1 Å². The predicted octanol–water partition coefficient (Wildman–Crippen LogP) is 2.14. The fourth-order valence-corrected chi connectivity index (χ4v) is 0.854. The minimum Gasteiger partial charge on any atom is -0.275 e. The van der Waals surface area contributed by atoms with Gasteiger partial charge >= 0.3 is 0 Å². The van der Waals surface area contributed by atoms with Gasteiger partial charge in [0.1, 0.15) is 0 Å². The maximum atomic E-state index is 11.2. The Bertz CT molecular complexity index is 166. The zero-order valence-electron chi connectivity index (χ0n) is 8.75. The molecule has 1 amide bonds. The summed E-state index contributed by atoms with van der Waals surface area (Å²) in [7, 11) is 3.10. The standard InChI is InChI=1S/C10H19NO2/c1-4-5-6-7-8-9-10(12)11(2)13-3/h7-8H,4-6,9H2,1-3H3/b8-7+. The fourth-order valence-electron chi connectivity index (χ4n) is 0.854. The molecule has 0 spiro atoms. The van der Waals surface area contributed by atoms with E-state index in [0.29, 0.717) is 6.42 Å². The monoisotopic (exact) mass is 185 g/mol. The largest absolute Gasteiger partial charge is 0.275 e. The van der Waals surface area contributed by atoms with Crippen molar-refractivity contribution in [2.75, 3.05) is 14.2 Å². The Morgan fingerprint density at radius 3 is 2.69 bits per heavy atom. The lowest BCUT2D eigenvalue weighted by atomic mass is 10.2. The van der Waals surface area contributed by atoms with E-state index in [9.17, 15) is 4.79 Å². The van der Waals surface area contributed by atoms with Gasteiger partial charge in [0.2, 0.25) is 5.91 Å². The van der Waals surface area contributed by atoms with Crippen LogP contribution in [0.3, 0.4) is 0 Å². The molecule has 0 aromatic rings.